The van der Waals surface area contributed by atoms with Crippen LogP contribution in [-0.4, -0.2) is 39.5 Å². The molecule has 174 valence electrons. The Hall–Kier alpha value is -2.97. The van der Waals surface area contributed by atoms with Gasteiger partial charge >= 0.3 is 0 Å². The van der Waals surface area contributed by atoms with Gasteiger partial charge in [-0.05, 0) is 38.0 Å². The predicted octanol–water partition coefficient (Wildman–Crippen LogP) is 4.88. The molecule has 0 radical (unpaired) electrons. The van der Waals surface area contributed by atoms with Crippen molar-refractivity contribution in [2.45, 2.75) is 45.1 Å². The van der Waals surface area contributed by atoms with Crippen LogP contribution in [0.25, 0.3) is 5.57 Å². The van der Waals surface area contributed by atoms with E-state index < -0.39 is 0 Å². The van der Waals surface area contributed by atoms with E-state index in [0.29, 0.717) is 31.7 Å². The number of aryl methyl sites for hydroxylation is 1. The van der Waals surface area contributed by atoms with Crippen LogP contribution in [0.5, 0.6) is 0 Å². The molecule has 0 bridgehead atoms. The molecule has 2 aromatic rings. The summed E-state index contributed by atoms with van der Waals surface area (Å²) < 4.78 is 0.514. The molecule has 1 N–H and O–H groups in total. The normalized spacial score (nSPS) is 20.8. The van der Waals surface area contributed by atoms with Crippen LogP contribution in [0.2, 0.25) is 0 Å². The molecule has 0 atom stereocenters. The number of nitrogens with one attached hydrogen (secondary N) is 1. The van der Waals surface area contributed by atoms with Crippen molar-refractivity contribution in [3.63, 3.8) is 0 Å². The molecule has 3 aliphatic rings. The van der Waals surface area contributed by atoms with Crippen molar-refractivity contribution in [1.82, 2.24) is 4.90 Å². The number of nitrogens with zero attached hydrogens (tertiary/aromatic N) is 2. The van der Waals surface area contributed by atoms with E-state index in [4.69, 9.17) is 12.2 Å². The van der Waals surface area contributed by atoms with Gasteiger partial charge in [0.2, 0.25) is 5.91 Å². The molecule has 2 heterocycles. The number of thiocarbonyl (C=S) groups is 1. The number of fused-ring (bicyclic) bond motifs is 1. The number of amides is 3. The van der Waals surface area contributed by atoms with Crippen LogP contribution in [0.15, 0.2) is 53.4 Å². The van der Waals surface area contributed by atoms with E-state index >= 15 is 0 Å². The van der Waals surface area contributed by atoms with Gasteiger partial charge in [-0.1, -0.05) is 79.1 Å². The molecule has 0 spiro atoms. The van der Waals surface area contributed by atoms with Crippen LogP contribution < -0.4 is 10.2 Å². The van der Waals surface area contributed by atoms with Crippen molar-refractivity contribution in [3.05, 3.63) is 64.6 Å². The molecule has 2 aliphatic heterocycles. The van der Waals surface area contributed by atoms with Gasteiger partial charge in [-0.25, -0.2) is 0 Å². The monoisotopic (exact) mass is 491 g/mol. The number of hydrogen-bond donors (Lipinski definition) is 1. The third kappa shape index (κ3) is 4.16. The zero-order chi connectivity index (χ0) is 23.8. The summed E-state index contributed by atoms with van der Waals surface area (Å²) in [5.74, 6) is -0.835. The van der Waals surface area contributed by atoms with E-state index in [1.54, 1.807) is 11.0 Å². The van der Waals surface area contributed by atoms with Gasteiger partial charge < -0.3 is 5.32 Å². The summed E-state index contributed by atoms with van der Waals surface area (Å²) in [7, 11) is 0. The summed E-state index contributed by atoms with van der Waals surface area (Å²) in [6.45, 7) is 1.83. The minimum absolute atomic E-state index is 0.0995. The first-order valence-electron chi connectivity index (χ1n) is 11.5. The first kappa shape index (κ1) is 22.8. The molecule has 0 unspecified atom stereocenters. The average molecular weight is 492 g/mol. The van der Waals surface area contributed by atoms with Gasteiger partial charge in [0.25, 0.3) is 11.8 Å². The third-order valence-corrected chi connectivity index (χ3v) is 7.93. The lowest BCUT2D eigenvalue weighted by atomic mass is 9.94. The fraction of sp³-hybridized carbons (Fsp3) is 0.308. The van der Waals surface area contributed by atoms with Crippen molar-refractivity contribution >= 4 is 63.0 Å². The van der Waals surface area contributed by atoms with E-state index in [-0.39, 0.29) is 30.3 Å². The Bertz CT molecular complexity index is 1220. The van der Waals surface area contributed by atoms with E-state index in [9.17, 15) is 14.4 Å². The molecule has 2 aromatic carbocycles. The number of rotatable bonds is 4. The van der Waals surface area contributed by atoms with Crippen LogP contribution in [0.4, 0.5) is 11.4 Å². The van der Waals surface area contributed by atoms with Crippen LogP contribution in [-0.2, 0) is 14.4 Å². The molecule has 6 nitrogen and oxygen atoms in total. The molecule has 1 saturated heterocycles. The number of hydrogen-bond acceptors (Lipinski definition) is 5. The van der Waals surface area contributed by atoms with Crippen LogP contribution >= 0.6 is 24.0 Å². The van der Waals surface area contributed by atoms with Gasteiger partial charge in [0, 0.05) is 17.3 Å². The number of para-hydroxylation sites is 1. The average Bonchev–Trinajstić information content (AvgIpc) is 3.28. The molecular formula is C26H25N3O3S2. The first-order chi connectivity index (χ1) is 16.4. The van der Waals surface area contributed by atoms with Crippen LogP contribution in [0.3, 0.4) is 0 Å². The SMILES string of the molecule is Cc1ccc(NC(=O)CN2C(=O)/C(=C3\SC(=S)N(C4CCCCC4)C3=O)c3ccccc32)cc1. The lowest BCUT2D eigenvalue weighted by Gasteiger charge is -2.29. The fourth-order valence-electron chi connectivity index (χ4n) is 4.82. The van der Waals surface area contributed by atoms with E-state index in [2.05, 4.69) is 5.32 Å². The second kappa shape index (κ2) is 9.35. The van der Waals surface area contributed by atoms with E-state index in [1.165, 1.54) is 23.1 Å². The fourth-order valence-corrected chi connectivity index (χ4v) is 6.29. The highest BCUT2D eigenvalue weighted by Gasteiger charge is 2.44. The molecule has 0 aromatic heterocycles. The molecule has 5 rings (SSSR count). The van der Waals surface area contributed by atoms with Crippen molar-refractivity contribution in [2.75, 3.05) is 16.8 Å². The molecule has 34 heavy (non-hydrogen) atoms. The minimum Gasteiger partial charge on any atom is -0.325 e. The summed E-state index contributed by atoms with van der Waals surface area (Å²) in [6, 6.07) is 14.9. The molecule has 1 aliphatic carbocycles. The van der Waals surface area contributed by atoms with Crippen molar-refractivity contribution in [1.29, 1.82) is 0 Å². The summed E-state index contributed by atoms with van der Waals surface area (Å²) in [5.41, 5.74) is 3.40. The zero-order valence-corrected chi connectivity index (χ0v) is 20.5. The Kier molecular flexibility index (Phi) is 6.27. The van der Waals surface area contributed by atoms with Crippen molar-refractivity contribution in [2.24, 2.45) is 0 Å². The third-order valence-electron chi connectivity index (χ3n) is 6.53. The van der Waals surface area contributed by atoms with Crippen molar-refractivity contribution < 1.29 is 14.4 Å². The van der Waals surface area contributed by atoms with Gasteiger partial charge in [-0.2, -0.15) is 0 Å². The number of thioether (sulfide) groups is 1. The second-order valence-electron chi connectivity index (χ2n) is 8.86. The molecule has 3 amide bonds. The Balaban J connectivity index is 1.43. The highest BCUT2D eigenvalue weighted by Crippen LogP contribution is 2.45. The quantitative estimate of drug-likeness (QED) is 0.487. The molecule has 2 fully saturated rings. The van der Waals surface area contributed by atoms with Crippen LogP contribution in [0.1, 0.15) is 43.2 Å². The maximum atomic E-state index is 13.6. The highest BCUT2D eigenvalue weighted by molar-refractivity contribution is 8.26. The largest absolute Gasteiger partial charge is 0.325 e. The lowest BCUT2D eigenvalue weighted by molar-refractivity contribution is -0.124. The maximum absolute atomic E-state index is 13.6. The lowest BCUT2D eigenvalue weighted by Crippen LogP contribution is -2.40. The van der Waals surface area contributed by atoms with Gasteiger partial charge in [0.05, 0.1) is 16.2 Å². The summed E-state index contributed by atoms with van der Waals surface area (Å²) in [4.78, 5) is 43.4. The maximum Gasteiger partial charge on any atom is 0.267 e. The van der Waals surface area contributed by atoms with Crippen LogP contribution in [0, 0.1) is 6.92 Å². The minimum atomic E-state index is -0.343. The van der Waals surface area contributed by atoms with E-state index in [0.717, 1.165) is 31.2 Å². The molecule has 8 heteroatoms. The summed E-state index contributed by atoms with van der Waals surface area (Å²) in [6.07, 6.45) is 5.21. The number of carbonyl (C=O) groups is 3. The Labute approximate surface area is 208 Å². The van der Waals surface area contributed by atoms with Gasteiger partial charge in [-0.3, -0.25) is 24.2 Å². The predicted molar refractivity (Wildman–Crippen MR) is 139 cm³/mol. The van der Waals surface area contributed by atoms with E-state index in [1.807, 2.05) is 49.4 Å². The molecule has 1 saturated carbocycles. The number of carbonyl (C=O) groups excluding carboxylic acids is 3. The summed E-state index contributed by atoms with van der Waals surface area (Å²) in [5, 5.41) is 2.85. The van der Waals surface area contributed by atoms with Gasteiger partial charge in [0.15, 0.2) is 0 Å². The smallest absolute Gasteiger partial charge is 0.267 e. The topological polar surface area (TPSA) is 69.7 Å². The zero-order valence-electron chi connectivity index (χ0n) is 18.9. The molecular weight excluding hydrogens is 466 g/mol. The number of benzene rings is 2. The Morgan fingerprint density at radius 2 is 1.74 bits per heavy atom. The van der Waals surface area contributed by atoms with Gasteiger partial charge in [-0.15, -0.1) is 0 Å². The number of anilines is 2. The first-order valence-corrected chi connectivity index (χ1v) is 12.7. The summed E-state index contributed by atoms with van der Waals surface area (Å²) >= 11 is 6.78. The Morgan fingerprint density at radius 1 is 1.03 bits per heavy atom. The highest BCUT2D eigenvalue weighted by atomic mass is 32.2. The van der Waals surface area contributed by atoms with Crippen molar-refractivity contribution in [3.8, 4) is 0 Å². The standard InChI is InChI=1S/C26H25N3O3S2/c1-16-11-13-17(14-12-16)27-21(30)15-28-20-10-6-5-9-19(20)22(24(28)31)23-25(32)29(26(33)34-23)18-7-3-2-4-8-18/h5-6,9-14,18H,2-4,7-8,15H2,1H3,(H,27,30)/b23-22-. The van der Waals surface area contributed by atoms with Gasteiger partial charge in [0.1, 0.15) is 10.9 Å². The second-order valence-corrected chi connectivity index (χ2v) is 10.5. The Morgan fingerprint density at radius 3 is 2.47 bits per heavy atom.